The third-order valence-corrected chi connectivity index (χ3v) is 3.72. The Morgan fingerprint density at radius 1 is 1.27 bits per heavy atom. The van der Waals surface area contributed by atoms with Gasteiger partial charge in [0.2, 0.25) is 0 Å². The molecule has 2 aromatic rings. The van der Waals surface area contributed by atoms with Crippen LogP contribution in [0.2, 0.25) is 5.02 Å². The molecule has 110 valence electrons. The molecule has 1 aliphatic rings. The van der Waals surface area contributed by atoms with E-state index in [2.05, 4.69) is 5.32 Å². The molecule has 2 aromatic carbocycles. The topological polar surface area (TPSA) is 72.2 Å². The third-order valence-electron chi connectivity index (χ3n) is 3.42. The summed E-state index contributed by atoms with van der Waals surface area (Å²) in [7, 11) is 0. The number of rotatable bonds is 2. The van der Waals surface area contributed by atoms with E-state index in [4.69, 9.17) is 11.6 Å². The van der Waals surface area contributed by atoms with Gasteiger partial charge in [-0.25, -0.2) is 0 Å². The molecule has 1 aliphatic heterocycles. The van der Waals surface area contributed by atoms with E-state index in [9.17, 15) is 14.9 Å². The fourth-order valence-corrected chi connectivity index (χ4v) is 2.64. The van der Waals surface area contributed by atoms with Crippen molar-refractivity contribution in [3.63, 3.8) is 0 Å². The molecule has 0 bridgehead atoms. The number of carbonyl (C=O) groups is 1. The van der Waals surface area contributed by atoms with Gasteiger partial charge in [0.25, 0.3) is 11.6 Å². The summed E-state index contributed by atoms with van der Waals surface area (Å²) in [5.74, 6) is -0.298. The summed E-state index contributed by atoms with van der Waals surface area (Å²) in [6.07, 6.45) is 1.71. The summed E-state index contributed by atoms with van der Waals surface area (Å²) in [6, 6.07) is 10.4. The molecule has 0 spiro atoms. The van der Waals surface area contributed by atoms with Crippen LogP contribution in [0.15, 0.2) is 36.4 Å². The number of nitrogens with one attached hydrogen (secondary N) is 1. The number of amides is 1. The van der Waals surface area contributed by atoms with Gasteiger partial charge >= 0.3 is 0 Å². The average Bonchev–Trinajstić information content (AvgIpc) is 2.73. The van der Waals surface area contributed by atoms with Crippen molar-refractivity contribution in [1.29, 1.82) is 0 Å². The zero-order valence-electron chi connectivity index (χ0n) is 11.6. The molecule has 0 aromatic heterocycles. The molecule has 0 saturated carbocycles. The maximum absolute atomic E-state index is 12.1. The molecular formula is C16H11ClN2O3. The van der Waals surface area contributed by atoms with Crippen LogP contribution in [-0.2, 0) is 4.79 Å². The number of hydrogen-bond donors (Lipinski definition) is 1. The van der Waals surface area contributed by atoms with Gasteiger partial charge in [0, 0.05) is 17.2 Å². The van der Waals surface area contributed by atoms with Gasteiger partial charge in [0.05, 0.1) is 10.6 Å². The zero-order valence-corrected chi connectivity index (χ0v) is 12.3. The van der Waals surface area contributed by atoms with Crippen LogP contribution in [0.3, 0.4) is 0 Å². The van der Waals surface area contributed by atoms with Crippen LogP contribution in [0.5, 0.6) is 0 Å². The third kappa shape index (κ3) is 2.46. The monoisotopic (exact) mass is 314 g/mol. The van der Waals surface area contributed by atoms with Crippen molar-refractivity contribution < 1.29 is 9.72 Å². The van der Waals surface area contributed by atoms with E-state index in [-0.39, 0.29) is 16.6 Å². The van der Waals surface area contributed by atoms with Gasteiger partial charge in [-0.15, -0.1) is 0 Å². The maximum Gasteiger partial charge on any atom is 0.288 e. The molecule has 22 heavy (non-hydrogen) atoms. The molecule has 1 N–H and O–H groups in total. The van der Waals surface area contributed by atoms with E-state index in [1.807, 2.05) is 31.2 Å². The first-order valence-corrected chi connectivity index (χ1v) is 6.91. The van der Waals surface area contributed by atoms with Crippen molar-refractivity contribution in [3.8, 4) is 0 Å². The van der Waals surface area contributed by atoms with Crippen LogP contribution >= 0.6 is 11.6 Å². The van der Waals surface area contributed by atoms with Crippen molar-refractivity contribution >= 4 is 40.5 Å². The minimum absolute atomic E-state index is 0.000792. The van der Waals surface area contributed by atoms with Crippen LogP contribution in [-0.4, -0.2) is 10.8 Å². The Hall–Kier alpha value is -2.66. The van der Waals surface area contributed by atoms with E-state index in [0.717, 1.165) is 11.1 Å². The molecule has 5 nitrogen and oxygen atoms in total. The zero-order chi connectivity index (χ0) is 15.9. The molecule has 3 rings (SSSR count). The molecular weight excluding hydrogens is 304 g/mol. The summed E-state index contributed by atoms with van der Waals surface area (Å²) < 4.78 is 0. The highest BCUT2D eigenvalue weighted by atomic mass is 35.5. The Bertz CT molecular complexity index is 843. The highest BCUT2D eigenvalue weighted by molar-refractivity contribution is 6.37. The van der Waals surface area contributed by atoms with Gasteiger partial charge in [-0.05, 0) is 24.6 Å². The molecule has 1 amide bonds. The molecule has 0 aliphatic carbocycles. The van der Waals surface area contributed by atoms with E-state index in [1.165, 1.54) is 12.1 Å². The van der Waals surface area contributed by atoms with Crippen LogP contribution < -0.4 is 5.32 Å². The lowest BCUT2D eigenvalue weighted by Gasteiger charge is -2.02. The van der Waals surface area contributed by atoms with Crippen LogP contribution in [0.25, 0.3) is 11.6 Å². The van der Waals surface area contributed by atoms with Gasteiger partial charge in [-0.3, -0.25) is 14.9 Å². The Morgan fingerprint density at radius 3 is 2.73 bits per heavy atom. The second-order valence-electron chi connectivity index (χ2n) is 5.03. The smallest absolute Gasteiger partial charge is 0.288 e. The molecule has 0 fully saturated rings. The quantitative estimate of drug-likeness (QED) is 0.516. The highest BCUT2D eigenvalue weighted by Crippen LogP contribution is 2.39. The predicted octanol–water partition coefficient (Wildman–Crippen LogP) is 4.05. The summed E-state index contributed by atoms with van der Waals surface area (Å²) >= 11 is 5.87. The van der Waals surface area contributed by atoms with Gasteiger partial charge < -0.3 is 5.32 Å². The van der Waals surface area contributed by atoms with E-state index in [1.54, 1.807) is 6.08 Å². The lowest BCUT2D eigenvalue weighted by molar-refractivity contribution is -0.384. The number of nitro groups is 1. The number of fused-ring (bicyclic) bond motifs is 1. The summed E-state index contributed by atoms with van der Waals surface area (Å²) in [6.45, 7) is 1.95. The molecule has 0 saturated heterocycles. The number of anilines is 1. The molecule has 1 heterocycles. The number of benzene rings is 2. The van der Waals surface area contributed by atoms with Gasteiger partial charge in [0.1, 0.15) is 5.02 Å². The summed E-state index contributed by atoms with van der Waals surface area (Å²) in [4.78, 5) is 22.6. The SMILES string of the molecule is Cc1cccc(/C=C2/C(=O)Nc3cc(Cl)c([N+](=O)[O-])cc32)c1. The van der Waals surface area contributed by atoms with E-state index < -0.39 is 4.92 Å². The second-order valence-corrected chi connectivity index (χ2v) is 5.44. The Labute approximate surface area is 131 Å². The van der Waals surface area contributed by atoms with Crippen LogP contribution in [0, 0.1) is 17.0 Å². The normalized spacial score (nSPS) is 14.8. The standard InChI is InChI=1S/C16H11ClN2O3/c1-9-3-2-4-10(5-9)6-12-11-7-15(19(21)22)13(17)8-14(11)18-16(12)20/h2-8H,1H3,(H,18,20)/b12-6+. The Kier molecular flexibility index (Phi) is 3.42. The van der Waals surface area contributed by atoms with Gasteiger partial charge in [-0.1, -0.05) is 41.4 Å². The fraction of sp³-hybridized carbons (Fsp3) is 0.0625. The van der Waals surface area contributed by atoms with Crippen LogP contribution in [0.4, 0.5) is 11.4 Å². The number of nitrogens with zero attached hydrogens (tertiary/aromatic N) is 1. The number of aryl methyl sites for hydroxylation is 1. The largest absolute Gasteiger partial charge is 0.321 e. The Morgan fingerprint density at radius 2 is 2.05 bits per heavy atom. The predicted molar refractivity (Wildman–Crippen MR) is 85.8 cm³/mol. The van der Waals surface area contributed by atoms with Crippen molar-refractivity contribution in [1.82, 2.24) is 0 Å². The van der Waals surface area contributed by atoms with E-state index >= 15 is 0 Å². The highest BCUT2D eigenvalue weighted by Gasteiger charge is 2.28. The first-order chi connectivity index (χ1) is 10.5. The number of carbonyl (C=O) groups excluding carboxylic acids is 1. The first-order valence-electron chi connectivity index (χ1n) is 6.54. The number of hydrogen-bond acceptors (Lipinski definition) is 3. The average molecular weight is 315 g/mol. The van der Waals surface area contributed by atoms with Crippen molar-refractivity contribution in [2.75, 3.05) is 5.32 Å². The first kappa shape index (κ1) is 14.3. The number of halogens is 1. The maximum atomic E-state index is 12.1. The second kappa shape index (κ2) is 5.27. The molecule has 6 heteroatoms. The molecule has 0 atom stereocenters. The lowest BCUT2D eigenvalue weighted by atomic mass is 10.0. The van der Waals surface area contributed by atoms with Crippen LogP contribution in [0.1, 0.15) is 16.7 Å². The van der Waals surface area contributed by atoms with Crippen molar-refractivity contribution in [2.45, 2.75) is 6.92 Å². The molecule has 0 unspecified atom stereocenters. The minimum Gasteiger partial charge on any atom is -0.321 e. The summed E-state index contributed by atoms with van der Waals surface area (Å²) in [5, 5.41) is 13.7. The minimum atomic E-state index is -0.560. The Balaban J connectivity index is 2.15. The lowest BCUT2D eigenvalue weighted by Crippen LogP contribution is -2.03. The number of nitro benzene ring substituents is 1. The summed E-state index contributed by atoms with van der Waals surface area (Å²) in [5.41, 5.74) is 3.07. The van der Waals surface area contributed by atoms with Crippen molar-refractivity contribution in [3.05, 3.63) is 68.2 Å². The fourth-order valence-electron chi connectivity index (χ4n) is 2.41. The van der Waals surface area contributed by atoms with E-state index in [0.29, 0.717) is 16.8 Å². The van der Waals surface area contributed by atoms with Crippen molar-refractivity contribution in [2.24, 2.45) is 0 Å². The van der Waals surface area contributed by atoms with Gasteiger partial charge in [0.15, 0.2) is 0 Å². The molecule has 0 radical (unpaired) electrons. The van der Waals surface area contributed by atoms with Gasteiger partial charge in [-0.2, -0.15) is 0 Å².